The van der Waals surface area contributed by atoms with E-state index in [1.165, 1.54) is 23.1 Å². The number of hydrogen-bond acceptors (Lipinski definition) is 4. The van der Waals surface area contributed by atoms with Crippen molar-refractivity contribution in [2.45, 2.75) is 32.4 Å². The van der Waals surface area contributed by atoms with E-state index in [2.05, 4.69) is 5.32 Å². The highest BCUT2D eigenvalue weighted by Crippen LogP contribution is 2.39. The average molecular weight is 403 g/mol. The second-order valence-electron chi connectivity index (χ2n) is 6.95. The van der Waals surface area contributed by atoms with Crippen LogP contribution in [0.25, 0.3) is 0 Å². The van der Waals surface area contributed by atoms with E-state index < -0.39 is 29.4 Å². The highest BCUT2D eigenvalue weighted by molar-refractivity contribution is 6.30. The summed E-state index contributed by atoms with van der Waals surface area (Å²) in [6.45, 7) is 4.77. The van der Waals surface area contributed by atoms with E-state index in [0.29, 0.717) is 16.5 Å². The minimum absolute atomic E-state index is 0.00911. The molecule has 7 nitrogen and oxygen atoms in total. The Kier molecular flexibility index (Phi) is 5.04. The van der Waals surface area contributed by atoms with Gasteiger partial charge in [-0.05, 0) is 63.2 Å². The molecule has 0 saturated heterocycles. The molecule has 2 amide bonds. The van der Waals surface area contributed by atoms with Gasteiger partial charge in [0.05, 0.1) is 11.3 Å². The van der Waals surface area contributed by atoms with E-state index in [1.54, 1.807) is 45.0 Å². The van der Waals surface area contributed by atoms with Crippen LogP contribution >= 0.6 is 11.6 Å². The van der Waals surface area contributed by atoms with Crippen LogP contribution in [-0.2, 0) is 9.59 Å². The summed E-state index contributed by atoms with van der Waals surface area (Å²) in [5.74, 6) is -1.68. The van der Waals surface area contributed by atoms with Gasteiger partial charge in [-0.25, -0.2) is 4.79 Å². The lowest BCUT2D eigenvalue weighted by atomic mass is 10.0. The fourth-order valence-electron chi connectivity index (χ4n) is 2.92. The lowest BCUT2D eigenvalue weighted by molar-refractivity contribution is -0.134. The molecular formula is C20H19ClN2O5. The zero-order chi connectivity index (χ0) is 20.6. The summed E-state index contributed by atoms with van der Waals surface area (Å²) in [4.78, 5) is 38.4. The van der Waals surface area contributed by atoms with Gasteiger partial charge in [0.1, 0.15) is 11.8 Å². The Bertz CT molecular complexity index is 956. The Morgan fingerprint density at radius 1 is 1.18 bits per heavy atom. The summed E-state index contributed by atoms with van der Waals surface area (Å²) in [6.07, 6.45) is 0. The standard InChI is InChI=1S/C20H19ClN2O5/c1-11(17(24)22-14-7-5-13(21)6-8-14)23-15-10-12(18(25)26)4-9-16(15)28-20(2,3)19(23)27/h4-11H,1-3H3,(H,22,24)(H,25,26). The second-order valence-corrected chi connectivity index (χ2v) is 7.38. The number of nitrogens with zero attached hydrogens (tertiary/aromatic N) is 1. The molecule has 1 unspecified atom stereocenters. The predicted molar refractivity (Wildman–Crippen MR) is 105 cm³/mol. The summed E-state index contributed by atoms with van der Waals surface area (Å²) in [6, 6.07) is 9.88. The molecule has 146 valence electrons. The fraction of sp³-hybridized carbons (Fsp3) is 0.250. The molecule has 2 N–H and O–H groups in total. The number of aromatic carboxylic acids is 1. The van der Waals surface area contributed by atoms with Gasteiger partial charge in [-0.1, -0.05) is 11.6 Å². The maximum absolute atomic E-state index is 13.0. The van der Waals surface area contributed by atoms with Crippen molar-refractivity contribution in [3.05, 3.63) is 53.1 Å². The van der Waals surface area contributed by atoms with Crippen molar-refractivity contribution >= 4 is 40.8 Å². The van der Waals surface area contributed by atoms with E-state index in [0.717, 1.165) is 0 Å². The number of carboxylic acids is 1. The maximum Gasteiger partial charge on any atom is 0.335 e. The zero-order valence-electron chi connectivity index (χ0n) is 15.5. The SMILES string of the molecule is CC(C(=O)Nc1ccc(Cl)cc1)N1C(=O)C(C)(C)Oc2ccc(C(=O)O)cc21. The minimum Gasteiger partial charge on any atom is -0.478 e. The number of halogens is 1. The van der Waals surface area contributed by atoms with Crippen LogP contribution in [0.1, 0.15) is 31.1 Å². The molecule has 2 aromatic rings. The summed E-state index contributed by atoms with van der Waals surface area (Å²) in [7, 11) is 0. The maximum atomic E-state index is 13.0. The fourth-order valence-corrected chi connectivity index (χ4v) is 3.05. The van der Waals surface area contributed by atoms with E-state index in [4.69, 9.17) is 16.3 Å². The topological polar surface area (TPSA) is 95.9 Å². The number of fused-ring (bicyclic) bond motifs is 1. The molecule has 0 radical (unpaired) electrons. The third-order valence-electron chi connectivity index (χ3n) is 4.44. The van der Waals surface area contributed by atoms with Crippen molar-refractivity contribution in [3.63, 3.8) is 0 Å². The third kappa shape index (κ3) is 3.66. The average Bonchev–Trinajstić information content (AvgIpc) is 2.63. The van der Waals surface area contributed by atoms with Gasteiger partial charge in [0.25, 0.3) is 5.91 Å². The van der Waals surface area contributed by atoms with Gasteiger partial charge in [0, 0.05) is 10.7 Å². The van der Waals surface area contributed by atoms with Gasteiger partial charge in [-0.15, -0.1) is 0 Å². The second kappa shape index (κ2) is 7.16. The molecule has 0 bridgehead atoms. The molecule has 1 aliphatic rings. The first-order chi connectivity index (χ1) is 13.1. The first-order valence-corrected chi connectivity index (χ1v) is 8.94. The van der Waals surface area contributed by atoms with Gasteiger partial charge < -0.3 is 15.2 Å². The molecule has 0 saturated carbocycles. The number of carboxylic acid groups (broad SMARTS) is 1. The van der Waals surface area contributed by atoms with Crippen LogP contribution in [0.15, 0.2) is 42.5 Å². The molecule has 0 spiro atoms. The quantitative estimate of drug-likeness (QED) is 0.815. The van der Waals surface area contributed by atoms with Gasteiger partial charge in [0.15, 0.2) is 5.60 Å². The smallest absolute Gasteiger partial charge is 0.335 e. The highest BCUT2D eigenvalue weighted by atomic mass is 35.5. The number of anilines is 2. The lowest BCUT2D eigenvalue weighted by Crippen LogP contribution is -2.58. The van der Waals surface area contributed by atoms with Gasteiger partial charge in [-0.3, -0.25) is 14.5 Å². The molecule has 0 fully saturated rings. The molecule has 0 aliphatic carbocycles. The monoisotopic (exact) mass is 402 g/mol. The molecular weight excluding hydrogens is 384 g/mol. The summed E-state index contributed by atoms with van der Waals surface area (Å²) < 4.78 is 5.73. The molecule has 2 aromatic carbocycles. The van der Waals surface area contributed by atoms with Crippen molar-refractivity contribution in [1.82, 2.24) is 0 Å². The molecule has 1 atom stereocenters. The van der Waals surface area contributed by atoms with E-state index in [9.17, 15) is 19.5 Å². The van der Waals surface area contributed by atoms with E-state index in [-0.39, 0.29) is 11.3 Å². The highest BCUT2D eigenvalue weighted by Gasteiger charge is 2.44. The van der Waals surface area contributed by atoms with Crippen LogP contribution < -0.4 is 15.0 Å². The van der Waals surface area contributed by atoms with Gasteiger partial charge >= 0.3 is 5.97 Å². The van der Waals surface area contributed by atoms with E-state index >= 15 is 0 Å². The number of nitrogens with one attached hydrogen (secondary N) is 1. The van der Waals surface area contributed by atoms with Crippen LogP contribution in [0.2, 0.25) is 5.02 Å². The number of ether oxygens (including phenoxy) is 1. The largest absolute Gasteiger partial charge is 0.478 e. The molecule has 0 aromatic heterocycles. The molecule has 3 rings (SSSR count). The number of hydrogen-bond donors (Lipinski definition) is 2. The Balaban J connectivity index is 1.97. The first kappa shape index (κ1) is 19.7. The Morgan fingerprint density at radius 2 is 1.82 bits per heavy atom. The van der Waals surface area contributed by atoms with Crippen molar-refractivity contribution in [2.75, 3.05) is 10.2 Å². The Morgan fingerprint density at radius 3 is 2.43 bits per heavy atom. The van der Waals surface area contributed by atoms with Gasteiger partial charge in [0.2, 0.25) is 5.91 Å². The Hall–Kier alpha value is -3.06. The number of rotatable bonds is 4. The molecule has 1 heterocycles. The number of benzene rings is 2. The first-order valence-electron chi connectivity index (χ1n) is 8.56. The molecule has 28 heavy (non-hydrogen) atoms. The van der Waals surface area contributed by atoms with Gasteiger partial charge in [-0.2, -0.15) is 0 Å². The van der Waals surface area contributed by atoms with Crippen molar-refractivity contribution < 1.29 is 24.2 Å². The Labute approximate surface area is 166 Å². The minimum atomic E-state index is -1.20. The van der Waals surface area contributed by atoms with E-state index in [1.807, 2.05) is 0 Å². The summed E-state index contributed by atoms with van der Waals surface area (Å²) >= 11 is 5.85. The molecule has 1 aliphatic heterocycles. The molecule has 8 heteroatoms. The van der Waals surface area contributed by atoms with Crippen molar-refractivity contribution in [3.8, 4) is 5.75 Å². The van der Waals surface area contributed by atoms with Crippen LogP contribution in [0.5, 0.6) is 5.75 Å². The number of carbonyl (C=O) groups is 3. The summed E-state index contributed by atoms with van der Waals surface area (Å²) in [5.41, 5.74) is -0.444. The number of amides is 2. The van der Waals surface area contributed by atoms with Crippen LogP contribution in [0.3, 0.4) is 0 Å². The third-order valence-corrected chi connectivity index (χ3v) is 4.69. The predicted octanol–water partition coefficient (Wildman–Crippen LogP) is 3.57. The van der Waals surface area contributed by atoms with Crippen LogP contribution in [0, 0.1) is 0 Å². The zero-order valence-corrected chi connectivity index (χ0v) is 16.3. The normalized spacial score (nSPS) is 16.0. The number of carbonyl (C=O) groups excluding carboxylic acids is 2. The van der Waals surface area contributed by atoms with Crippen LogP contribution in [-0.4, -0.2) is 34.5 Å². The lowest BCUT2D eigenvalue weighted by Gasteiger charge is -2.41. The summed E-state index contributed by atoms with van der Waals surface area (Å²) in [5, 5.41) is 12.5. The van der Waals surface area contributed by atoms with Crippen LogP contribution in [0.4, 0.5) is 11.4 Å². The van der Waals surface area contributed by atoms with Crippen molar-refractivity contribution in [2.24, 2.45) is 0 Å². The van der Waals surface area contributed by atoms with Crippen molar-refractivity contribution in [1.29, 1.82) is 0 Å².